The standard InChI is InChI=1S/C15H31BO2/c1-11(2)14-17-10-13(18-14)12(3)8-7-9-16-15(4,5)6/h11-14,16H,7-10H2,1-6H3. The van der Waals surface area contributed by atoms with E-state index in [0.717, 1.165) is 6.61 Å². The van der Waals surface area contributed by atoms with Crippen LogP contribution in [0.5, 0.6) is 0 Å². The van der Waals surface area contributed by atoms with E-state index in [4.69, 9.17) is 9.47 Å². The molecule has 18 heavy (non-hydrogen) atoms. The van der Waals surface area contributed by atoms with Crippen molar-refractivity contribution < 1.29 is 9.47 Å². The second-order valence-electron chi connectivity index (χ2n) is 7.40. The van der Waals surface area contributed by atoms with Crippen LogP contribution in [-0.4, -0.2) is 26.3 Å². The molecule has 0 spiro atoms. The third-order valence-electron chi connectivity index (χ3n) is 3.75. The van der Waals surface area contributed by atoms with Crippen molar-refractivity contribution in [1.82, 2.24) is 0 Å². The minimum absolute atomic E-state index is 0.0204. The summed E-state index contributed by atoms with van der Waals surface area (Å²) in [6, 6.07) is 0. The lowest BCUT2D eigenvalue weighted by atomic mass is 9.53. The molecule has 0 aliphatic carbocycles. The summed E-state index contributed by atoms with van der Waals surface area (Å²) < 4.78 is 11.6. The molecular weight excluding hydrogens is 223 g/mol. The van der Waals surface area contributed by atoms with Crippen molar-refractivity contribution >= 4 is 7.28 Å². The highest BCUT2D eigenvalue weighted by atomic mass is 16.7. The molecule has 3 heteroatoms. The molecule has 0 N–H and O–H groups in total. The molecule has 1 heterocycles. The molecule has 0 aromatic heterocycles. The van der Waals surface area contributed by atoms with Gasteiger partial charge in [0.25, 0.3) is 0 Å². The van der Waals surface area contributed by atoms with Crippen LogP contribution in [0.4, 0.5) is 0 Å². The van der Waals surface area contributed by atoms with E-state index in [2.05, 4.69) is 41.5 Å². The third-order valence-corrected chi connectivity index (χ3v) is 3.75. The summed E-state index contributed by atoms with van der Waals surface area (Å²) >= 11 is 0. The molecule has 0 radical (unpaired) electrons. The van der Waals surface area contributed by atoms with Crippen molar-refractivity contribution in [3.05, 3.63) is 0 Å². The maximum atomic E-state index is 5.96. The van der Waals surface area contributed by atoms with E-state index in [1.54, 1.807) is 0 Å². The highest BCUT2D eigenvalue weighted by molar-refractivity contribution is 6.39. The van der Waals surface area contributed by atoms with E-state index in [1.807, 2.05) is 0 Å². The summed E-state index contributed by atoms with van der Waals surface area (Å²) in [5.74, 6) is 1.08. The highest BCUT2D eigenvalue weighted by Crippen LogP contribution is 2.27. The molecule has 1 aliphatic heterocycles. The number of rotatable bonds is 6. The van der Waals surface area contributed by atoms with Crippen LogP contribution in [-0.2, 0) is 9.47 Å². The van der Waals surface area contributed by atoms with Gasteiger partial charge in [0.15, 0.2) is 6.29 Å². The zero-order chi connectivity index (χ0) is 13.8. The van der Waals surface area contributed by atoms with Gasteiger partial charge in [-0.25, -0.2) is 0 Å². The highest BCUT2D eigenvalue weighted by Gasteiger charge is 2.31. The van der Waals surface area contributed by atoms with Gasteiger partial charge < -0.3 is 9.47 Å². The monoisotopic (exact) mass is 254 g/mol. The van der Waals surface area contributed by atoms with Crippen LogP contribution in [0.15, 0.2) is 0 Å². The van der Waals surface area contributed by atoms with Crippen LogP contribution >= 0.6 is 0 Å². The largest absolute Gasteiger partial charge is 0.350 e. The number of hydrogen-bond donors (Lipinski definition) is 0. The van der Waals surface area contributed by atoms with Crippen LogP contribution in [0.2, 0.25) is 11.6 Å². The Morgan fingerprint density at radius 2 is 1.89 bits per heavy atom. The van der Waals surface area contributed by atoms with Gasteiger partial charge in [-0.15, -0.1) is 0 Å². The molecule has 0 saturated carbocycles. The summed E-state index contributed by atoms with van der Waals surface area (Å²) in [4.78, 5) is 0. The van der Waals surface area contributed by atoms with Crippen LogP contribution < -0.4 is 0 Å². The van der Waals surface area contributed by atoms with Gasteiger partial charge in [-0.05, 0) is 12.3 Å². The molecule has 0 aromatic rings. The second kappa shape index (κ2) is 6.95. The molecule has 0 amide bonds. The third kappa shape index (κ3) is 5.75. The molecule has 1 rings (SSSR count). The first kappa shape index (κ1) is 16.0. The predicted octanol–water partition coefficient (Wildman–Crippen LogP) is 3.87. The lowest BCUT2D eigenvalue weighted by Crippen LogP contribution is -2.23. The van der Waals surface area contributed by atoms with E-state index < -0.39 is 0 Å². The normalized spacial score (nSPS) is 26.6. The van der Waals surface area contributed by atoms with Gasteiger partial charge in [0.2, 0.25) is 0 Å². The lowest BCUT2D eigenvalue weighted by molar-refractivity contribution is -0.0941. The van der Waals surface area contributed by atoms with Gasteiger partial charge >= 0.3 is 0 Å². The summed E-state index contributed by atoms with van der Waals surface area (Å²) in [6.45, 7) is 14.3. The van der Waals surface area contributed by atoms with Gasteiger partial charge in [-0.2, -0.15) is 0 Å². The molecular formula is C15H31BO2. The molecule has 2 nitrogen and oxygen atoms in total. The first-order valence-corrected chi connectivity index (χ1v) is 7.56. The fraction of sp³-hybridized carbons (Fsp3) is 1.00. The Labute approximate surface area is 114 Å². The van der Waals surface area contributed by atoms with Gasteiger partial charge in [0, 0.05) is 5.92 Å². The minimum atomic E-state index is 0.0204. The Bertz CT molecular complexity index is 235. The summed E-state index contributed by atoms with van der Waals surface area (Å²) in [6.07, 6.45) is 4.23. The fourth-order valence-corrected chi connectivity index (χ4v) is 2.40. The Kier molecular flexibility index (Phi) is 6.20. The predicted molar refractivity (Wildman–Crippen MR) is 79.5 cm³/mol. The van der Waals surface area contributed by atoms with Crippen molar-refractivity contribution in [2.75, 3.05) is 6.61 Å². The molecule has 1 fully saturated rings. The minimum Gasteiger partial charge on any atom is -0.350 e. The number of hydrogen-bond acceptors (Lipinski definition) is 2. The molecule has 3 unspecified atom stereocenters. The van der Waals surface area contributed by atoms with Crippen molar-refractivity contribution in [2.45, 2.75) is 78.4 Å². The van der Waals surface area contributed by atoms with Crippen LogP contribution in [0.1, 0.15) is 54.4 Å². The van der Waals surface area contributed by atoms with E-state index in [-0.39, 0.29) is 6.29 Å². The molecule has 0 bridgehead atoms. The van der Waals surface area contributed by atoms with Crippen molar-refractivity contribution in [2.24, 2.45) is 11.8 Å². The second-order valence-corrected chi connectivity index (χ2v) is 7.40. The zero-order valence-corrected chi connectivity index (χ0v) is 13.2. The average molecular weight is 254 g/mol. The van der Waals surface area contributed by atoms with Gasteiger partial charge in [-0.3, -0.25) is 0 Å². The van der Waals surface area contributed by atoms with Gasteiger partial charge in [-0.1, -0.05) is 59.6 Å². The zero-order valence-electron chi connectivity index (χ0n) is 13.2. The van der Waals surface area contributed by atoms with E-state index in [9.17, 15) is 0 Å². The van der Waals surface area contributed by atoms with Crippen LogP contribution in [0.25, 0.3) is 0 Å². The maximum Gasteiger partial charge on any atom is 0.160 e. The molecule has 1 aliphatic rings. The molecule has 0 aromatic carbocycles. The smallest absolute Gasteiger partial charge is 0.160 e. The van der Waals surface area contributed by atoms with E-state index in [1.165, 1.54) is 26.4 Å². The molecule has 3 atom stereocenters. The van der Waals surface area contributed by atoms with Crippen molar-refractivity contribution in [3.8, 4) is 0 Å². The SMILES string of the molecule is CC(C)C1OCC(C(C)CCCBC(C)(C)C)O1. The quantitative estimate of drug-likeness (QED) is 0.529. The van der Waals surface area contributed by atoms with Crippen LogP contribution in [0.3, 0.4) is 0 Å². The van der Waals surface area contributed by atoms with Gasteiger partial charge in [0.1, 0.15) is 7.28 Å². The fourth-order valence-electron chi connectivity index (χ4n) is 2.40. The Morgan fingerprint density at radius 3 is 2.39 bits per heavy atom. The van der Waals surface area contributed by atoms with Crippen LogP contribution in [0, 0.1) is 11.8 Å². The molecule has 1 saturated heterocycles. The van der Waals surface area contributed by atoms with E-state index >= 15 is 0 Å². The first-order chi connectivity index (χ1) is 8.29. The molecule has 106 valence electrons. The lowest BCUT2D eigenvalue weighted by Gasteiger charge is -2.20. The summed E-state index contributed by atoms with van der Waals surface area (Å²) in [7, 11) is 1.32. The average Bonchev–Trinajstić information content (AvgIpc) is 2.72. The van der Waals surface area contributed by atoms with Gasteiger partial charge in [0.05, 0.1) is 12.7 Å². The Morgan fingerprint density at radius 1 is 1.22 bits per heavy atom. The van der Waals surface area contributed by atoms with Crippen molar-refractivity contribution in [1.29, 1.82) is 0 Å². The van der Waals surface area contributed by atoms with Crippen molar-refractivity contribution in [3.63, 3.8) is 0 Å². The number of ether oxygens (including phenoxy) is 2. The Hall–Kier alpha value is -0.0151. The first-order valence-electron chi connectivity index (χ1n) is 7.56. The summed E-state index contributed by atoms with van der Waals surface area (Å²) in [5.41, 5.74) is 0. The maximum absolute atomic E-state index is 5.96. The Balaban J connectivity index is 2.16. The van der Waals surface area contributed by atoms with E-state index in [0.29, 0.717) is 23.3 Å². The topological polar surface area (TPSA) is 18.5 Å². The summed E-state index contributed by atoms with van der Waals surface area (Å²) in [5, 5.41) is 0.471.